The van der Waals surface area contributed by atoms with Crippen molar-refractivity contribution in [3.05, 3.63) is 144 Å². The molecule has 14 heteroatoms. The molecule has 2 aromatic heterocycles. The highest BCUT2D eigenvalue weighted by molar-refractivity contribution is 5.93. The van der Waals surface area contributed by atoms with Gasteiger partial charge in [-0.3, -0.25) is 9.97 Å². The van der Waals surface area contributed by atoms with Crippen LogP contribution in [0.2, 0.25) is 0 Å². The van der Waals surface area contributed by atoms with Crippen LogP contribution in [0.3, 0.4) is 0 Å². The lowest BCUT2D eigenvalue weighted by atomic mass is 10.2. The molecule has 6 aromatic rings. The molecule has 0 unspecified atom stereocenters. The van der Waals surface area contributed by atoms with Gasteiger partial charge in [0, 0.05) is 12.4 Å². The zero-order chi connectivity index (χ0) is 48.1. The fourth-order valence-corrected chi connectivity index (χ4v) is 6.19. The van der Waals surface area contributed by atoms with Crippen LogP contribution in [0.5, 0.6) is 46.0 Å². The van der Waals surface area contributed by atoms with Gasteiger partial charge in [0.1, 0.15) is 23.0 Å². The summed E-state index contributed by atoms with van der Waals surface area (Å²) in [4.78, 5) is 60.7. The average molecular weight is 925 g/mol. The van der Waals surface area contributed by atoms with Crippen molar-refractivity contribution in [2.24, 2.45) is 0 Å². The van der Waals surface area contributed by atoms with Crippen LogP contribution in [0.15, 0.2) is 122 Å². The van der Waals surface area contributed by atoms with Crippen LogP contribution in [-0.2, 0) is 0 Å². The van der Waals surface area contributed by atoms with Gasteiger partial charge in [0.05, 0.1) is 60.1 Å². The molecule has 2 heterocycles. The minimum absolute atomic E-state index is 0.188. The summed E-state index contributed by atoms with van der Waals surface area (Å²) in [6.07, 6.45) is 10.2. The SMILES string of the molecule is CCCCOc1ccc(C(=O)Oc2ccc(OC(=O)c3ccc(-c4ccc(C(=O)Oc5ccc(OC(=O)c6ccc(OCCCC)c(OCCCC)c6)cc5)cn4)nc3)cc2)cc1OCCCC. The number of pyridine rings is 2. The van der Waals surface area contributed by atoms with Gasteiger partial charge in [-0.25, -0.2) is 19.2 Å². The molecule has 0 aliphatic rings. The fourth-order valence-electron chi connectivity index (χ4n) is 6.19. The number of hydrogen-bond acceptors (Lipinski definition) is 14. The minimum Gasteiger partial charge on any atom is -0.490 e. The lowest BCUT2D eigenvalue weighted by Crippen LogP contribution is -2.11. The molecule has 0 saturated carbocycles. The van der Waals surface area contributed by atoms with Crippen LogP contribution in [0.1, 0.15) is 120 Å². The quantitative estimate of drug-likeness (QED) is 0.0302. The van der Waals surface area contributed by atoms with Crippen molar-refractivity contribution in [1.82, 2.24) is 9.97 Å². The largest absolute Gasteiger partial charge is 0.490 e. The summed E-state index contributed by atoms with van der Waals surface area (Å²) in [5, 5.41) is 0. The number of nitrogens with zero attached hydrogens (tertiary/aromatic N) is 2. The average Bonchev–Trinajstić information content (AvgIpc) is 3.36. The van der Waals surface area contributed by atoms with Crippen LogP contribution >= 0.6 is 0 Å². The molecule has 0 spiro atoms. The highest BCUT2D eigenvalue weighted by Crippen LogP contribution is 2.32. The first kappa shape index (κ1) is 49.7. The van der Waals surface area contributed by atoms with Crippen molar-refractivity contribution in [2.75, 3.05) is 26.4 Å². The molecule has 0 aliphatic carbocycles. The molecule has 0 aliphatic heterocycles. The van der Waals surface area contributed by atoms with Crippen LogP contribution in [0, 0.1) is 0 Å². The molecule has 68 heavy (non-hydrogen) atoms. The minimum atomic E-state index is -0.650. The first-order valence-corrected chi connectivity index (χ1v) is 23.0. The van der Waals surface area contributed by atoms with E-state index in [2.05, 4.69) is 37.7 Å². The number of benzene rings is 4. The third kappa shape index (κ3) is 14.6. The van der Waals surface area contributed by atoms with Gasteiger partial charge in [0.15, 0.2) is 23.0 Å². The number of unbranched alkanes of at least 4 members (excludes halogenated alkanes) is 4. The smallest absolute Gasteiger partial charge is 0.345 e. The number of rotatable bonds is 25. The Bertz CT molecular complexity index is 2400. The molecule has 354 valence electrons. The van der Waals surface area contributed by atoms with E-state index in [1.807, 2.05) is 0 Å². The lowest BCUT2D eigenvalue weighted by molar-refractivity contribution is 0.0719. The Morgan fingerprint density at radius 3 is 0.912 bits per heavy atom. The van der Waals surface area contributed by atoms with E-state index in [1.54, 1.807) is 60.7 Å². The maximum absolute atomic E-state index is 13.0. The number of aromatic nitrogens is 2. The molecule has 0 saturated heterocycles. The van der Waals surface area contributed by atoms with Crippen molar-refractivity contribution in [2.45, 2.75) is 79.1 Å². The fraction of sp³-hybridized carbons (Fsp3) is 0.296. The monoisotopic (exact) mass is 924 g/mol. The topological polar surface area (TPSA) is 168 Å². The van der Waals surface area contributed by atoms with E-state index in [4.69, 9.17) is 37.9 Å². The molecule has 0 N–H and O–H groups in total. The van der Waals surface area contributed by atoms with Crippen LogP contribution in [-0.4, -0.2) is 60.3 Å². The van der Waals surface area contributed by atoms with E-state index < -0.39 is 23.9 Å². The predicted molar refractivity (Wildman–Crippen MR) is 255 cm³/mol. The van der Waals surface area contributed by atoms with Gasteiger partial charge in [-0.1, -0.05) is 53.4 Å². The summed E-state index contributed by atoms with van der Waals surface area (Å²) < 4.78 is 45.8. The van der Waals surface area contributed by atoms with Gasteiger partial charge < -0.3 is 37.9 Å². The van der Waals surface area contributed by atoms with E-state index in [0.717, 1.165) is 51.4 Å². The zero-order valence-corrected chi connectivity index (χ0v) is 38.8. The highest BCUT2D eigenvalue weighted by atomic mass is 16.6. The molecule has 0 atom stereocenters. The Hall–Kier alpha value is -7.74. The van der Waals surface area contributed by atoms with Crippen LogP contribution < -0.4 is 37.9 Å². The maximum atomic E-state index is 13.0. The van der Waals surface area contributed by atoms with Crippen molar-refractivity contribution in [3.63, 3.8) is 0 Å². The van der Waals surface area contributed by atoms with Gasteiger partial charge in [-0.15, -0.1) is 0 Å². The second-order valence-electron chi connectivity index (χ2n) is 15.5. The van der Waals surface area contributed by atoms with Crippen molar-refractivity contribution < 1.29 is 57.1 Å². The van der Waals surface area contributed by atoms with Gasteiger partial charge in [0.25, 0.3) is 0 Å². The Morgan fingerprint density at radius 2 is 0.632 bits per heavy atom. The summed E-state index contributed by atoms with van der Waals surface area (Å²) in [5.74, 6) is 0.644. The Labute approximate surface area is 396 Å². The van der Waals surface area contributed by atoms with Crippen molar-refractivity contribution in [3.8, 4) is 57.4 Å². The molecule has 0 fully saturated rings. The van der Waals surface area contributed by atoms with Crippen molar-refractivity contribution in [1.29, 1.82) is 0 Å². The maximum Gasteiger partial charge on any atom is 0.345 e. The van der Waals surface area contributed by atoms with E-state index >= 15 is 0 Å². The summed E-state index contributed by atoms with van der Waals surface area (Å²) in [5.41, 5.74) is 1.88. The van der Waals surface area contributed by atoms with Gasteiger partial charge in [0.2, 0.25) is 0 Å². The lowest BCUT2D eigenvalue weighted by Gasteiger charge is -2.14. The Balaban J connectivity index is 0.978. The molecule has 14 nitrogen and oxygen atoms in total. The molecule has 4 aromatic carbocycles. The Morgan fingerprint density at radius 1 is 0.353 bits per heavy atom. The second-order valence-corrected chi connectivity index (χ2v) is 15.5. The molecule has 0 bridgehead atoms. The number of carbonyl (C=O) groups excluding carboxylic acids is 4. The molecule has 0 amide bonds. The Kier molecular flexibility index (Phi) is 18.9. The number of esters is 4. The summed E-state index contributed by atoms with van der Waals surface area (Å²) in [7, 11) is 0. The van der Waals surface area contributed by atoms with E-state index in [1.165, 1.54) is 60.9 Å². The van der Waals surface area contributed by atoms with Gasteiger partial charge in [-0.05, 0) is 135 Å². The molecule has 6 rings (SSSR count). The first-order valence-electron chi connectivity index (χ1n) is 23.0. The highest BCUT2D eigenvalue weighted by Gasteiger charge is 2.18. The molecular formula is C54H56N2O12. The predicted octanol–water partition coefficient (Wildman–Crippen LogP) is 11.7. The normalized spacial score (nSPS) is 10.7. The number of hydrogen-bond donors (Lipinski definition) is 0. The summed E-state index contributed by atoms with van der Waals surface area (Å²) in [6.45, 7) is 10.4. The zero-order valence-electron chi connectivity index (χ0n) is 38.8. The number of ether oxygens (including phenoxy) is 8. The van der Waals surface area contributed by atoms with Crippen LogP contribution in [0.4, 0.5) is 0 Å². The summed E-state index contributed by atoms with van der Waals surface area (Å²) in [6, 6.07) is 28.4. The van der Waals surface area contributed by atoms with Gasteiger partial charge >= 0.3 is 23.9 Å². The van der Waals surface area contributed by atoms with E-state index in [0.29, 0.717) is 71.9 Å². The van der Waals surface area contributed by atoms with Crippen molar-refractivity contribution >= 4 is 23.9 Å². The first-order chi connectivity index (χ1) is 33.2. The third-order valence-corrected chi connectivity index (χ3v) is 10.1. The van der Waals surface area contributed by atoms with E-state index in [-0.39, 0.29) is 34.1 Å². The van der Waals surface area contributed by atoms with Crippen LogP contribution in [0.25, 0.3) is 11.4 Å². The summed E-state index contributed by atoms with van der Waals surface area (Å²) >= 11 is 0. The number of carbonyl (C=O) groups is 4. The molecular weight excluding hydrogens is 869 g/mol. The van der Waals surface area contributed by atoms with E-state index in [9.17, 15) is 19.2 Å². The standard InChI is InChI=1S/C54H56N2O12/c1-5-9-29-61-47-27-15-37(33-49(47)63-31-11-7-3)51(57)65-41-17-21-43(22-18-41)67-53(59)39-13-25-45(55-35-39)46-26-14-40(36-56-46)54(60)68-44-23-19-42(20-24-44)66-52(58)38-16-28-48(62-30-10-6-2)50(34-38)64-32-12-8-4/h13-28,33-36H,5-12,29-32H2,1-4H3. The third-order valence-electron chi connectivity index (χ3n) is 10.1. The second kappa shape index (κ2) is 25.8. The molecule has 0 radical (unpaired) electrons. The van der Waals surface area contributed by atoms with Gasteiger partial charge in [-0.2, -0.15) is 0 Å².